The summed E-state index contributed by atoms with van der Waals surface area (Å²) in [5, 5.41) is 196. The highest BCUT2D eigenvalue weighted by Gasteiger charge is 2.44. The summed E-state index contributed by atoms with van der Waals surface area (Å²) in [4.78, 5) is 0. The normalized spacial score (nSPS) is 49.9. The van der Waals surface area contributed by atoms with Gasteiger partial charge >= 0.3 is 0 Å². The average Bonchev–Trinajstić information content (AvgIpc) is 3.16. The molecule has 23 atom stereocenters. The minimum Gasteiger partial charge on any atom is -0.394 e. The first kappa shape index (κ1) is 51.9. The molecule has 22 N–H and O–H groups in total. The van der Waals surface area contributed by atoms with Crippen LogP contribution in [0, 0.1) is 0 Å². The molecule has 0 aromatic rings. The van der Waals surface area contributed by atoms with Crippen LogP contribution in [0.15, 0.2) is 0 Å². The van der Waals surface area contributed by atoms with Crippen LogP contribution in [0.4, 0.5) is 0 Å². The van der Waals surface area contributed by atoms with Gasteiger partial charge in [-0.15, -0.1) is 0 Å². The van der Waals surface area contributed by atoms with Gasteiger partial charge in [0.05, 0.1) is 32.5 Å². The molecule has 27 nitrogen and oxygen atoms in total. The van der Waals surface area contributed by atoms with Gasteiger partial charge in [0.2, 0.25) is 0 Å². The Hall–Kier alpha value is -1.08. The van der Waals surface area contributed by atoms with E-state index >= 15 is 0 Å². The summed E-state index contributed by atoms with van der Waals surface area (Å²) in [5.41, 5.74) is 0. The van der Waals surface area contributed by atoms with Gasteiger partial charge in [-0.1, -0.05) is 0 Å². The molecule has 0 aliphatic carbocycles. The van der Waals surface area contributed by atoms with Crippen molar-refractivity contribution in [2.24, 2.45) is 0 Å². The van der Waals surface area contributed by atoms with Gasteiger partial charge in [0, 0.05) is 0 Å². The summed E-state index contributed by atoms with van der Waals surface area (Å²) >= 11 is 0. The second kappa shape index (κ2) is 24.1. The summed E-state index contributed by atoms with van der Waals surface area (Å²) in [5.74, 6) is 0. The molecule has 27 heteroatoms. The lowest BCUT2D eigenvalue weighted by Crippen LogP contribution is -2.58. The lowest BCUT2D eigenvalue weighted by molar-refractivity contribution is -0.286. The van der Waals surface area contributed by atoms with E-state index in [0.717, 1.165) is 0 Å². The smallest absolute Gasteiger partial charge is 0.184 e. The summed E-state index contributed by atoms with van der Waals surface area (Å²) in [6.07, 6.45) is -30.5. The lowest BCUT2D eigenvalue weighted by Gasteiger charge is -2.37. The highest BCUT2D eigenvalue weighted by atomic mass is 16.7. The molecular formula is C28H56O27. The Bertz CT molecular complexity index is 922. The number of hydrogen-bond donors (Lipinski definition) is 22. The van der Waals surface area contributed by atoms with E-state index in [1.807, 2.05) is 0 Å². The molecule has 5 aliphatic heterocycles. The van der Waals surface area contributed by atoms with Gasteiger partial charge in [0.1, 0.15) is 104 Å². The molecule has 5 heterocycles. The van der Waals surface area contributed by atoms with Crippen LogP contribution in [0.5, 0.6) is 0 Å². The van der Waals surface area contributed by atoms with E-state index in [4.69, 9.17) is 112 Å². The highest BCUT2D eigenvalue weighted by molar-refractivity contribution is 4.89. The molecule has 5 aliphatic rings. The molecule has 0 bridgehead atoms. The second-order valence-electron chi connectivity index (χ2n) is 12.7. The lowest BCUT2D eigenvalue weighted by atomic mass is 10.00. The molecule has 0 spiro atoms. The van der Waals surface area contributed by atoms with E-state index in [9.17, 15) is 0 Å². The summed E-state index contributed by atoms with van der Waals surface area (Å²) in [6, 6.07) is 0. The largest absolute Gasteiger partial charge is 0.394 e. The van der Waals surface area contributed by atoms with Gasteiger partial charge in [-0.25, -0.2) is 0 Å². The van der Waals surface area contributed by atoms with Crippen molar-refractivity contribution in [2.75, 3.05) is 26.4 Å². The van der Waals surface area contributed by atoms with Crippen molar-refractivity contribution in [2.45, 2.75) is 148 Å². The molecule has 5 rings (SSSR count). The molecule has 5 saturated heterocycles. The van der Waals surface area contributed by atoms with Crippen LogP contribution in [0.3, 0.4) is 0 Å². The summed E-state index contributed by atoms with van der Waals surface area (Å²) in [7, 11) is 0. The van der Waals surface area contributed by atoms with Gasteiger partial charge in [-0.2, -0.15) is 0 Å². The van der Waals surface area contributed by atoms with E-state index in [1.165, 1.54) is 6.92 Å². The third kappa shape index (κ3) is 14.6. The Morgan fingerprint density at radius 3 is 0.891 bits per heavy atom. The fraction of sp³-hybridized carbons (Fsp3) is 1.00. The van der Waals surface area contributed by atoms with E-state index in [-0.39, 0.29) is 13.2 Å². The zero-order valence-electron chi connectivity index (χ0n) is 29.0. The molecule has 0 saturated carbocycles. The van der Waals surface area contributed by atoms with E-state index in [1.54, 1.807) is 0 Å². The highest BCUT2D eigenvalue weighted by Crippen LogP contribution is 2.21. The molecule has 0 radical (unpaired) electrons. The van der Waals surface area contributed by atoms with Crippen molar-refractivity contribution in [3.63, 3.8) is 0 Å². The Morgan fingerprint density at radius 2 is 0.600 bits per heavy atom. The maximum atomic E-state index is 9.12. The molecule has 55 heavy (non-hydrogen) atoms. The van der Waals surface area contributed by atoms with Crippen LogP contribution < -0.4 is 0 Å². The summed E-state index contributed by atoms with van der Waals surface area (Å²) in [6.45, 7) is 0.145. The van der Waals surface area contributed by atoms with Crippen LogP contribution in [0.2, 0.25) is 0 Å². The SMILES string of the molecule is CC1OC(O)C(O)C(O)C1O.OC1COC(O)C(O)C1O.OC1COC(O)C(O)C1O.OCC1OC(O)C(O)C(O)C1O.OCC1OC(O)C(O)C(O)C1O. The summed E-state index contributed by atoms with van der Waals surface area (Å²) < 4.78 is 22.8. The number of aliphatic hydroxyl groups excluding tert-OH is 22. The average molecular weight is 825 g/mol. The zero-order chi connectivity index (χ0) is 42.6. The first-order valence-electron chi connectivity index (χ1n) is 16.5. The van der Waals surface area contributed by atoms with Gasteiger partial charge in [-0.3, -0.25) is 0 Å². The van der Waals surface area contributed by atoms with Gasteiger partial charge in [-0.05, 0) is 6.92 Å². The zero-order valence-corrected chi connectivity index (χ0v) is 29.0. The quantitative estimate of drug-likeness (QED) is 0.123. The number of aliphatic hydroxyl groups is 22. The molecule has 0 aromatic carbocycles. The predicted molar refractivity (Wildman–Crippen MR) is 167 cm³/mol. The molecule has 5 fully saturated rings. The third-order valence-electron chi connectivity index (χ3n) is 8.51. The third-order valence-corrected chi connectivity index (χ3v) is 8.51. The van der Waals surface area contributed by atoms with Crippen LogP contribution in [0.1, 0.15) is 6.92 Å². The van der Waals surface area contributed by atoms with Crippen molar-refractivity contribution in [1.82, 2.24) is 0 Å². The fourth-order valence-corrected chi connectivity index (χ4v) is 4.77. The minimum atomic E-state index is -1.57. The molecule has 0 aromatic heterocycles. The molecule has 0 amide bonds. The Morgan fingerprint density at radius 1 is 0.327 bits per heavy atom. The van der Waals surface area contributed by atoms with Crippen molar-refractivity contribution < 1.29 is 136 Å². The topological polar surface area (TPSA) is 491 Å². The van der Waals surface area contributed by atoms with Gasteiger partial charge < -0.3 is 136 Å². The van der Waals surface area contributed by atoms with Crippen LogP contribution in [0.25, 0.3) is 0 Å². The maximum Gasteiger partial charge on any atom is 0.184 e. The Labute approximate surface area is 311 Å². The van der Waals surface area contributed by atoms with Crippen LogP contribution >= 0.6 is 0 Å². The monoisotopic (exact) mass is 824 g/mol. The van der Waals surface area contributed by atoms with Crippen LogP contribution in [-0.4, -0.2) is 280 Å². The van der Waals surface area contributed by atoms with Crippen LogP contribution in [-0.2, 0) is 23.7 Å². The Kier molecular flexibility index (Phi) is 22.8. The van der Waals surface area contributed by atoms with Crippen molar-refractivity contribution in [3.05, 3.63) is 0 Å². The molecule has 23 unspecified atom stereocenters. The van der Waals surface area contributed by atoms with Crippen molar-refractivity contribution in [1.29, 1.82) is 0 Å². The molecule has 330 valence electrons. The number of rotatable bonds is 2. The van der Waals surface area contributed by atoms with E-state index < -0.39 is 155 Å². The Balaban J connectivity index is 0.000000344. The van der Waals surface area contributed by atoms with E-state index in [2.05, 4.69) is 23.7 Å². The van der Waals surface area contributed by atoms with E-state index in [0.29, 0.717) is 0 Å². The standard InChI is InChI=1S/2C6H12O6.C6H12O5.2C5H10O5/c2*7-1-2-3(8)4(9)5(10)6(11)12-2;1-2-3(7)4(8)5(9)6(10)11-2;2*6-2-1-10-5(9)4(8)3(2)7/h2*2-11H,1H2;2-10H,1H3;2*2-9H,1H2. The fourth-order valence-electron chi connectivity index (χ4n) is 4.77. The second-order valence-corrected chi connectivity index (χ2v) is 12.7. The number of hydrogen-bond acceptors (Lipinski definition) is 27. The first-order valence-corrected chi connectivity index (χ1v) is 16.5. The van der Waals surface area contributed by atoms with Crippen molar-refractivity contribution in [3.8, 4) is 0 Å². The minimum absolute atomic E-state index is 0.153. The van der Waals surface area contributed by atoms with Gasteiger partial charge in [0.25, 0.3) is 0 Å². The number of ether oxygens (including phenoxy) is 5. The van der Waals surface area contributed by atoms with Gasteiger partial charge in [0.15, 0.2) is 31.5 Å². The first-order chi connectivity index (χ1) is 25.4. The molecular weight excluding hydrogens is 768 g/mol. The maximum absolute atomic E-state index is 9.12. The predicted octanol–water partition coefficient (Wildman–Crippen LogP) is -13.8. The van der Waals surface area contributed by atoms with Crippen molar-refractivity contribution >= 4 is 0 Å².